The van der Waals surface area contributed by atoms with Gasteiger partial charge in [0.2, 0.25) is 0 Å². The second kappa shape index (κ2) is 15.4. The van der Waals surface area contributed by atoms with Crippen molar-refractivity contribution in [2.75, 3.05) is 5.32 Å². The van der Waals surface area contributed by atoms with Gasteiger partial charge in [0.1, 0.15) is 23.1 Å². The summed E-state index contributed by atoms with van der Waals surface area (Å²) in [7, 11) is 0. The normalized spacial score (nSPS) is 12.6. The Balaban J connectivity index is 0.00000529. The molecule has 44 heavy (non-hydrogen) atoms. The van der Waals surface area contributed by atoms with Gasteiger partial charge in [-0.2, -0.15) is 0 Å². The molecule has 11 heteroatoms. The number of hydrogen-bond acceptors (Lipinski definition) is 4. The van der Waals surface area contributed by atoms with Gasteiger partial charge in [-0.1, -0.05) is 30.3 Å². The van der Waals surface area contributed by atoms with E-state index in [0.29, 0.717) is 33.6 Å². The van der Waals surface area contributed by atoms with Crippen LogP contribution in [0.5, 0.6) is 0 Å². The van der Waals surface area contributed by atoms with Crippen LogP contribution in [0, 0.1) is 17.5 Å². The predicted octanol–water partition coefficient (Wildman–Crippen LogP) is 6.02. The summed E-state index contributed by atoms with van der Waals surface area (Å²) in [6.45, 7) is 3.67. The van der Waals surface area contributed by atoms with Crippen LogP contribution < -0.4 is 5.32 Å². The van der Waals surface area contributed by atoms with Crippen LogP contribution in [0.15, 0.2) is 78.9 Å². The Morgan fingerprint density at radius 3 is 1.77 bits per heavy atom. The van der Waals surface area contributed by atoms with E-state index in [2.05, 4.69) is 5.32 Å². The van der Waals surface area contributed by atoms with Crippen LogP contribution in [0.25, 0.3) is 28.3 Å². The summed E-state index contributed by atoms with van der Waals surface area (Å²) in [5, 5.41) is 32.4. The van der Waals surface area contributed by atoms with Crippen LogP contribution in [-0.4, -0.2) is 73.5 Å². The Kier molecular flexibility index (Phi) is 12.2. The predicted molar refractivity (Wildman–Crippen MR) is 165 cm³/mol. The van der Waals surface area contributed by atoms with Gasteiger partial charge < -0.3 is 25.2 Å². The SMILES string of the molecule is CC(C)n1c(C=C[C@@H](O)C[C@@H](O)CC(=O)O)c(-c2ccc(F)cc2)c(-c2ccc(F)cc2)c1C(=O)Nc1ccc(F)cc1.[NaH]. The third kappa shape index (κ3) is 8.49. The van der Waals surface area contributed by atoms with Crippen molar-refractivity contribution in [2.45, 2.75) is 44.9 Å². The monoisotopic (exact) mass is 616 g/mol. The van der Waals surface area contributed by atoms with E-state index in [9.17, 15) is 33.0 Å². The summed E-state index contributed by atoms with van der Waals surface area (Å²) in [5.74, 6) is -3.22. The fourth-order valence-electron chi connectivity index (χ4n) is 4.91. The molecule has 0 unspecified atom stereocenters. The minimum absolute atomic E-state index is 0. The van der Waals surface area contributed by atoms with Crippen LogP contribution in [-0.2, 0) is 4.79 Å². The molecule has 4 rings (SSSR count). The molecular formula is C33H32F3N2NaO5. The Hall–Kier alpha value is -3.67. The number of carbonyl (C=O) groups excluding carboxylic acids is 1. The average molecular weight is 617 g/mol. The molecular weight excluding hydrogens is 584 g/mol. The first kappa shape index (κ1) is 34.8. The third-order valence-corrected chi connectivity index (χ3v) is 6.74. The van der Waals surface area contributed by atoms with E-state index in [-0.39, 0.29) is 47.7 Å². The number of anilines is 1. The first-order valence-corrected chi connectivity index (χ1v) is 13.6. The number of benzene rings is 3. The summed E-state index contributed by atoms with van der Waals surface area (Å²) in [5.41, 5.74) is 2.84. The molecule has 3 aromatic carbocycles. The van der Waals surface area contributed by atoms with Crippen molar-refractivity contribution in [1.29, 1.82) is 0 Å². The number of carboxylic acids is 1. The van der Waals surface area contributed by atoms with E-state index in [4.69, 9.17) is 5.11 Å². The Morgan fingerprint density at radius 2 is 1.30 bits per heavy atom. The van der Waals surface area contributed by atoms with E-state index in [0.717, 1.165) is 0 Å². The van der Waals surface area contributed by atoms with E-state index < -0.39 is 48.0 Å². The van der Waals surface area contributed by atoms with E-state index in [1.165, 1.54) is 78.9 Å². The summed E-state index contributed by atoms with van der Waals surface area (Å²) in [6.07, 6.45) is -0.397. The molecule has 0 saturated carbocycles. The van der Waals surface area contributed by atoms with Crippen molar-refractivity contribution >= 4 is 53.2 Å². The van der Waals surface area contributed by atoms with Crippen LogP contribution in [0.1, 0.15) is 48.9 Å². The number of aliphatic hydroxyl groups is 2. The van der Waals surface area contributed by atoms with E-state index in [1.54, 1.807) is 10.6 Å². The van der Waals surface area contributed by atoms with Crippen LogP contribution in [0.3, 0.4) is 0 Å². The number of rotatable bonds is 11. The topological polar surface area (TPSA) is 112 Å². The minimum atomic E-state index is -1.29. The second-order valence-corrected chi connectivity index (χ2v) is 10.3. The zero-order valence-corrected chi connectivity index (χ0v) is 23.5. The number of carboxylic acid groups (broad SMARTS) is 1. The number of halogens is 3. The fourth-order valence-corrected chi connectivity index (χ4v) is 4.91. The molecule has 0 aliphatic carbocycles. The molecule has 0 aliphatic heterocycles. The molecule has 0 radical (unpaired) electrons. The van der Waals surface area contributed by atoms with Gasteiger partial charge in [-0.25, -0.2) is 13.2 Å². The van der Waals surface area contributed by atoms with E-state index >= 15 is 0 Å². The molecule has 0 spiro atoms. The van der Waals surface area contributed by atoms with Crippen molar-refractivity contribution in [1.82, 2.24) is 4.57 Å². The molecule has 0 fully saturated rings. The summed E-state index contributed by atoms with van der Waals surface area (Å²) in [6, 6.07) is 16.0. The number of carbonyl (C=O) groups is 2. The van der Waals surface area contributed by atoms with Crippen molar-refractivity contribution in [3.05, 3.63) is 108 Å². The van der Waals surface area contributed by atoms with Gasteiger partial charge in [-0.3, -0.25) is 9.59 Å². The molecule has 0 saturated heterocycles. The van der Waals surface area contributed by atoms with Crippen LogP contribution in [0.2, 0.25) is 0 Å². The first-order valence-electron chi connectivity index (χ1n) is 13.6. The maximum atomic E-state index is 14.0. The van der Waals surface area contributed by atoms with Gasteiger partial charge in [0.15, 0.2) is 0 Å². The van der Waals surface area contributed by atoms with Crippen molar-refractivity contribution in [3.63, 3.8) is 0 Å². The molecule has 7 nitrogen and oxygen atoms in total. The summed E-state index contributed by atoms with van der Waals surface area (Å²) in [4.78, 5) is 25.0. The third-order valence-electron chi connectivity index (χ3n) is 6.74. The molecule has 2 atom stereocenters. The zero-order chi connectivity index (χ0) is 31.3. The average Bonchev–Trinajstić information content (AvgIpc) is 3.29. The molecule has 4 aromatic rings. The van der Waals surface area contributed by atoms with E-state index in [1.807, 2.05) is 13.8 Å². The van der Waals surface area contributed by atoms with Crippen molar-refractivity contribution < 1.29 is 38.1 Å². The molecule has 0 bridgehead atoms. The van der Waals surface area contributed by atoms with Crippen LogP contribution in [0.4, 0.5) is 18.9 Å². The number of aliphatic carboxylic acids is 1. The molecule has 0 aliphatic rings. The molecule has 1 aromatic heterocycles. The number of aromatic nitrogens is 1. The zero-order valence-electron chi connectivity index (χ0n) is 23.5. The number of nitrogens with one attached hydrogen (secondary N) is 1. The van der Waals surface area contributed by atoms with Gasteiger partial charge in [-0.05, 0) is 79.6 Å². The Bertz CT molecular complexity index is 1620. The standard InChI is InChI=1S/C33H31F3N2O5.Na.H/c1-19(2)38-28(16-15-26(39)17-27(40)18-29(41)42)30(20-3-7-22(34)8-4-20)31(21-5-9-23(35)10-6-21)32(38)33(43)37-25-13-11-24(36)12-14-25;;/h3-16,19,26-27,39-40H,17-18H2,1-2H3,(H,37,43)(H,41,42);;/t26-,27-;;/m1../s1. The number of nitrogens with zero attached hydrogens (tertiary/aromatic N) is 1. The summed E-state index contributed by atoms with van der Waals surface area (Å²) < 4.78 is 43.3. The first-order chi connectivity index (χ1) is 20.4. The maximum absolute atomic E-state index is 14.0. The molecule has 226 valence electrons. The van der Waals surface area contributed by atoms with Gasteiger partial charge in [0, 0.05) is 35.0 Å². The molecule has 1 amide bonds. The van der Waals surface area contributed by atoms with Crippen molar-refractivity contribution in [2.24, 2.45) is 0 Å². The van der Waals surface area contributed by atoms with Gasteiger partial charge in [0.25, 0.3) is 5.91 Å². The van der Waals surface area contributed by atoms with Gasteiger partial charge >= 0.3 is 35.5 Å². The van der Waals surface area contributed by atoms with Crippen LogP contribution >= 0.6 is 0 Å². The van der Waals surface area contributed by atoms with Gasteiger partial charge in [-0.15, -0.1) is 0 Å². The van der Waals surface area contributed by atoms with Crippen molar-refractivity contribution in [3.8, 4) is 22.3 Å². The second-order valence-electron chi connectivity index (χ2n) is 10.3. The van der Waals surface area contributed by atoms with Gasteiger partial charge in [0.05, 0.1) is 18.6 Å². The quantitative estimate of drug-likeness (QED) is 0.154. The number of hydrogen-bond donors (Lipinski definition) is 4. The molecule has 4 N–H and O–H groups in total. The summed E-state index contributed by atoms with van der Waals surface area (Å²) >= 11 is 0. The Morgan fingerprint density at radius 1 is 0.818 bits per heavy atom. The molecule has 1 heterocycles. The Labute approximate surface area is 275 Å². The number of amides is 1. The fraction of sp³-hybridized carbons (Fsp3) is 0.212. The number of aliphatic hydroxyl groups excluding tert-OH is 2.